The predicted octanol–water partition coefficient (Wildman–Crippen LogP) is 4.70. The molecule has 2 rings (SSSR count). The summed E-state index contributed by atoms with van der Waals surface area (Å²) in [5.74, 6) is 1.64. The molecule has 0 heterocycles. The molecule has 0 aromatic heterocycles. The Morgan fingerprint density at radius 3 is 1.43 bits per heavy atom. The van der Waals surface area contributed by atoms with E-state index in [9.17, 15) is 9.59 Å². The summed E-state index contributed by atoms with van der Waals surface area (Å²) < 4.78 is 31.7. The van der Waals surface area contributed by atoms with Crippen molar-refractivity contribution in [3.05, 3.63) is 59.7 Å². The standard InChI is InChI=1S/C27H32O8/c1-30-24-18-20(10-14-26(28)32-3)8-12-22(24)34-16-6-5-7-17-35-23-13-9-21(19-25(23)31-2)11-15-27(29)33-4/h8-15,18-19H,5-7,16-17H2,1-4H3/b14-10+,15-11+. The smallest absolute Gasteiger partial charge is 0.330 e. The topological polar surface area (TPSA) is 89.5 Å². The van der Waals surface area contributed by atoms with E-state index in [0.717, 1.165) is 30.4 Å². The van der Waals surface area contributed by atoms with E-state index in [1.807, 2.05) is 24.3 Å². The van der Waals surface area contributed by atoms with Gasteiger partial charge in [0.2, 0.25) is 0 Å². The third-order valence-electron chi connectivity index (χ3n) is 4.91. The summed E-state index contributed by atoms with van der Waals surface area (Å²) in [6.45, 7) is 1.08. The lowest BCUT2D eigenvalue weighted by Crippen LogP contribution is -2.03. The molecule has 2 aromatic rings. The van der Waals surface area contributed by atoms with E-state index in [2.05, 4.69) is 9.47 Å². The van der Waals surface area contributed by atoms with Gasteiger partial charge in [-0.05, 0) is 66.8 Å². The molecular formula is C27H32O8. The fraction of sp³-hybridized carbons (Fsp3) is 0.333. The van der Waals surface area contributed by atoms with E-state index in [-0.39, 0.29) is 0 Å². The van der Waals surface area contributed by atoms with Crippen molar-refractivity contribution in [2.24, 2.45) is 0 Å². The van der Waals surface area contributed by atoms with Crippen molar-refractivity contribution in [3.8, 4) is 23.0 Å². The summed E-state index contributed by atoms with van der Waals surface area (Å²) in [5.41, 5.74) is 1.61. The Morgan fingerprint density at radius 1 is 0.629 bits per heavy atom. The second kappa shape index (κ2) is 15.1. The highest BCUT2D eigenvalue weighted by molar-refractivity contribution is 5.87. The Labute approximate surface area is 206 Å². The highest BCUT2D eigenvalue weighted by Crippen LogP contribution is 2.30. The van der Waals surface area contributed by atoms with Gasteiger partial charge in [0.15, 0.2) is 23.0 Å². The molecule has 0 unspecified atom stereocenters. The van der Waals surface area contributed by atoms with E-state index >= 15 is 0 Å². The number of rotatable bonds is 14. The number of hydrogen-bond donors (Lipinski definition) is 0. The highest BCUT2D eigenvalue weighted by atomic mass is 16.5. The van der Waals surface area contributed by atoms with Gasteiger partial charge in [-0.1, -0.05) is 12.1 Å². The number of esters is 2. The molecule has 0 aliphatic rings. The zero-order valence-corrected chi connectivity index (χ0v) is 20.6. The molecule has 0 fully saturated rings. The molecule has 0 radical (unpaired) electrons. The van der Waals surface area contributed by atoms with E-state index in [4.69, 9.17) is 18.9 Å². The van der Waals surface area contributed by atoms with Crippen LogP contribution in [0.25, 0.3) is 12.2 Å². The number of unbranched alkanes of at least 4 members (excludes halogenated alkanes) is 2. The number of benzene rings is 2. The van der Waals surface area contributed by atoms with Crippen LogP contribution in [-0.4, -0.2) is 53.6 Å². The average Bonchev–Trinajstić information content (AvgIpc) is 2.90. The molecule has 2 aromatic carbocycles. The fourth-order valence-electron chi connectivity index (χ4n) is 3.02. The van der Waals surface area contributed by atoms with Gasteiger partial charge in [0.05, 0.1) is 41.7 Å². The summed E-state index contributed by atoms with van der Waals surface area (Å²) in [6.07, 6.45) is 8.63. The van der Waals surface area contributed by atoms with Crippen molar-refractivity contribution < 1.29 is 38.0 Å². The van der Waals surface area contributed by atoms with Gasteiger partial charge in [-0.15, -0.1) is 0 Å². The van der Waals surface area contributed by atoms with E-state index < -0.39 is 11.9 Å². The molecule has 0 bridgehead atoms. The van der Waals surface area contributed by atoms with Gasteiger partial charge >= 0.3 is 11.9 Å². The predicted molar refractivity (Wildman–Crippen MR) is 133 cm³/mol. The molecule has 35 heavy (non-hydrogen) atoms. The Hall–Kier alpha value is -3.94. The Morgan fingerprint density at radius 2 is 1.06 bits per heavy atom. The van der Waals surface area contributed by atoms with Gasteiger partial charge in [-0.25, -0.2) is 9.59 Å². The van der Waals surface area contributed by atoms with Crippen molar-refractivity contribution >= 4 is 24.1 Å². The largest absolute Gasteiger partial charge is 0.493 e. The number of ether oxygens (including phenoxy) is 6. The molecule has 0 spiro atoms. The first-order valence-corrected chi connectivity index (χ1v) is 11.1. The third-order valence-corrected chi connectivity index (χ3v) is 4.91. The van der Waals surface area contributed by atoms with Crippen LogP contribution in [0.5, 0.6) is 23.0 Å². The first-order chi connectivity index (χ1) is 17.0. The lowest BCUT2D eigenvalue weighted by atomic mass is 10.2. The maximum Gasteiger partial charge on any atom is 0.330 e. The van der Waals surface area contributed by atoms with Crippen molar-refractivity contribution in [1.29, 1.82) is 0 Å². The maximum absolute atomic E-state index is 11.2. The molecule has 188 valence electrons. The number of carbonyl (C=O) groups is 2. The van der Waals surface area contributed by atoms with Crippen LogP contribution in [0.2, 0.25) is 0 Å². The van der Waals surface area contributed by atoms with Crippen LogP contribution < -0.4 is 18.9 Å². The molecule has 0 N–H and O–H groups in total. The monoisotopic (exact) mass is 484 g/mol. The van der Waals surface area contributed by atoms with Gasteiger partial charge in [0, 0.05) is 12.2 Å². The van der Waals surface area contributed by atoms with Crippen LogP contribution in [0.1, 0.15) is 30.4 Å². The minimum Gasteiger partial charge on any atom is -0.493 e. The molecule has 0 amide bonds. The van der Waals surface area contributed by atoms with Gasteiger partial charge in [-0.3, -0.25) is 0 Å². The quantitative estimate of drug-likeness (QED) is 0.216. The Balaban J connectivity index is 1.75. The minimum atomic E-state index is -0.420. The third kappa shape index (κ3) is 9.44. The number of methoxy groups -OCH3 is 4. The van der Waals surface area contributed by atoms with Crippen molar-refractivity contribution in [1.82, 2.24) is 0 Å². The normalized spacial score (nSPS) is 10.9. The number of carbonyl (C=O) groups excluding carboxylic acids is 2. The van der Waals surface area contributed by atoms with Gasteiger partial charge in [0.1, 0.15) is 0 Å². The maximum atomic E-state index is 11.2. The molecule has 8 nitrogen and oxygen atoms in total. The zero-order chi connectivity index (χ0) is 25.5. The van der Waals surface area contributed by atoms with Gasteiger partial charge < -0.3 is 28.4 Å². The molecule has 0 atom stereocenters. The second-order valence-electron chi connectivity index (χ2n) is 7.29. The van der Waals surface area contributed by atoms with Crippen LogP contribution in [0.4, 0.5) is 0 Å². The number of hydrogen-bond acceptors (Lipinski definition) is 8. The summed E-state index contributed by atoms with van der Waals surface area (Å²) in [5, 5.41) is 0. The van der Waals surface area contributed by atoms with Crippen LogP contribution in [0, 0.1) is 0 Å². The van der Waals surface area contributed by atoms with E-state index in [0.29, 0.717) is 36.2 Å². The fourth-order valence-corrected chi connectivity index (χ4v) is 3.02. The first kappa shape index (κ1) is 27.3. The van der Waals surface area contributed by atoms with Crippen molar-refractivity contribution in [3.63, 3.8) is 0 Å². The van der Waals surface area contributed by atoms with Crippen LogP contribution in [-0.2, 0) is 19.1 Å². The van der Waals surface area contributed by atoms with Gasteiger partial charge in [-0.2, -0.15) is 0 Å². The lowest BCUT2D eigenvalue weighted by molar-refractivity contribution is -0.135. The Kier molecular flexibility index (Phi) is 11.7. The second-order valence-corrected chi connectivity index (χ2v) is 7.29. The summed E-state index contributed by atoms with van der Waals surface area (Å²) in [7, 11) is 5.81. The van der Waals surface area contributed by atoms with Crippen molar-refractivity contribution in [2.45, 2.75) is 19.3 Å². The molecular weight excluding hydrogens is 452 g/mol. The summed E-state index contributed by atoms with van der Waals surface area (Å²) in [4.78, 5) is 22.5. The molecule has 0 aliphatic heterocycles. The molecule has 0 saturated carbocycles. The van der Waals surface area contributed by atoms with Crippen LogP contribution in [0.15, 0.2) is 48.6 Å². The van der Waals surface area contributed by atoms with Crippen LogP contribution in [0.3, 0.4) is 0 Å². The zero-order valence-electron chi connectivity index (χ0n) is 20.6. The summed E-state index contributed by atoms with van der Waals surface area (Å²) in [6, 6.07) is 10.9. The molecule has 0 saturated heterocycles. The van der Waals surface area contributed by atoms with E-state index in [1.165, 1.54) is 26.4 Å². The van der Waals surface area contributed by atoms with Crippen LogP contribution >= 0.6 is 0 Å². The highest BCUT2D eigenvalue weighted by Gasteiger charge is 2.07. The van der Waals surface area contributed by atoms with E-state index in [1.54, 1.807) is 38.5 Å². The summed E-state index contributed by atoms with van der Waals surface area (Å²) >= 11 is 0. The first-order valence-electron chi connectivity index (χ1n) is 11.1. The molecule has 0 aliphatic carbocycles. The lowest BCUT2D eigenvalue weighted by Gasteiger charge is -2.12. The van der Waals surface area contributed by atoms with Crippen molar-refractivity contribution in [2.75, 3.05) is 41.7 Å². The van der Waals surface area contributed by atoms with Gasteiger partial charge in [0.25, 0.3) is 0 Å². The minimum absolute atomic E-state index is 0.420. The SMILES string of the molecule is COC(=O)/C=C/c1ccc(OCCCCCOc2ccc(/C=C/C(=O)OC)cc2OC)c(OC)c1. The average molecular weight is 485 g/mol. The molecule has 8 heteroatoms. The Bertz CT molecular complexity index is 944.